The van der Waals surface area contributed by atoms with Crippen LogP contribution in [0.4, 0.5) is 11.8 Å². The SMILES string of the molecule is CCc1cc(NCCNc2nnnn2-c2ccccc2)nc(C)n1. The average Bonchev–Trinajstić information content (AvgIpc) is 3.07. The van der Waals surface area contributed by atoms with Crippen LogP contribution < -0.4 is 10.6 Å². The molecular weight excluding hydrogens is 304 g/mol. The zero-order chi connectivity index (χ0) is 16.8. The molecule has 2 N–H and O–H groups in total. The Hall–Kier alpha value is -3.03. The summed E-state index contributed by atoms with van der Waals surface area (Å²) < 4.78 is 1.67. The lowest BCUT2D eigenvalue weighted by Gasteiger charge is -2.09. The molecule has 0 aliphatic heterocycles. The van der Waals surface area contributed by atoms with E-state index in [1.165, 1.54) is 0 Å². The van der Waals surface area contributed by atoms with E-state index in [9.17, 15) is 0 Å². The highest BCUT2D eigenvalue weighted by Gasteiger charge is 2.07. The Morgan fingerprint density at radius 1 is 1.04 bits per heavy atom. The summed E-state index contributed by atoms with van der Waals surface area (Å²) in [7, 11) is 0. The van der Waals surface area contributed by atoms with Crippen LogP contribution in [0.25, 0.3) is 5.69 Å². The lowest BCUT2D eigenvalue weighted by atomic mass is 10.3. The second-order valence-corrected chi connectivity index (χ2v) is 5.25. The molecule has 0 unspecified atom stereocenters. The lowest BCUT2D eigenvalue weighted by molar-refractivity contribution is 0.789. The van der Waals surface area contributed by atoms with Crippen molar-refractivity contribution in [3.05, 3.63) is 47.9 Å². The van der Waals surface area contributed by atoms with E-state index in [1.54, 1.807) is 4.68 Å². The van der Waals surface area contributed by atoms with Crippen LogP contribution in [-0.4, -0.2) is 43.3 Å². The standard InChI is InChI=1S/C16H20N8/c1-3-13-11-15(20-12(2)19-13)17-9-10-18-16-21-22-23-24(16)14-7-5-4-6-8-14/h4-8,11H,3,9-10H2,1-2H3,(H,17,19,20)(H,18,21,23). The third-order valence-electron chi connectivity index (χ3n) is 3.44. The van der Waals surface area contributed by atoms with Gasteiger partial charge in [0.2, 0.25) is 5.95 Å². The van der Waals surface area contributed by atoms with Crippen LogP contribution in [0.5, 0.6) is 0 Å². The number of nitrogens with zero attached hydrogens (tertiary/aromatic N) is 6. The average molecular weight is 324 g/mol. The number of rotatable bonds is 7. The number of anilines is 2. The highest BCUT2D eigenvalue weighted by atomic mass is 15.6. The minimum Gasteiger partial charge on any atom is -0.368 e. The summed E-state index contributed by atoms with van der Waals surface area (Å²) in [4.78, 5) is 8.76. The topological polar surface area (TPSA) is 93.4 Å². The molecule has 0 saturated carbocycles. The predicted octanol–water partition coefficient (Wildman–Crippen LogP) is 1.85. The van der Waals surface area contributed by atoms with E-state index in [2.05, 4.69) is 43.1 Å². The van der Waals surface area contributed by atoms with Gasteiger partial charge in [0.25, 0.3) is 0 Å². The molecule has 0 radical (unpaired) electrons. The first-order valence-electron chi connectivity index (χ1n) is 7.92. The molecule has 8 heteroatoms. The van der Waals surface area contributed by atoms with Crippen molar-refractivity contribution in [1.82, 2.24) is 30.2 Å². The number of benzene rings is 1. The van der Waals surface area contributed by atoms with Gasteiger partial charge in [0.1, 0.15) is 11.6 Å². The summed E-state index contributed by atoms with van der Waals surface area (Å²) in [5, 5.41) is 18.3. The Morgan fingerprint density at radius 2 is 1.83 bits per heavy atom. The number of para-hydroxylation sites is 1. The molecule has 0 amide bonds. The minimum atomic E-state index is 0.608. The minimum absolute atomic E-state index is 0.608. The maximum Gasteiger partial charge on any atom is 0.247 e. The molecule has 0 aliphatic carbocycles. The van der Waals surface area contributed by atoms with Crippen LogP contribution in [0.15, 0.2) is 36.4 Å². The van der Waals surface area contributed by atoms with E-state index < -0.39 is 0 Å². The second kappa shape index (κ2) is 7.49. The molecule has 3 aromatic rings. The van der Waals surface area contributed by atoms with Crippen molar-refractivity contribution in [2.24, 2.45) is 0 Å². The fourth-order valence-electron chi connectivity index (χ4n) is 2.31. The van der Waals surface area contributed by atoms with E-state index in [-0.39, 0.29) is 0 Å². The van der Waals surface area contributed by atoms with Crippen molar-refractivity contribution in [2.45, 2.75) is 20.3 Å². The summed E-state index contributed by atoms with van der Waals surface area (Å²) in [5.74, 6) is 2.22. The highest BCUT2D eigenvalue weighted by molar-refractivity contribution is 5.39. The van der Waals surface area contributed by atoms with Gasteiger partial charge >= 0.3 is 0 Å². The number of tetrazole rings is 1. The third kappa shape index (κ3) is 3.83. The van der Waals surface area contributed by atoms with Crippen molar-refractivity contribution in [3.63, 3.8) is 0 Å². The molecular formula is C16H20N8. The van der Waals surface area contributed by atoms with Crippen molar-refractivity contribution in [2.75, 3.05) is 23.7 Å². The van der Waals surface area contributed by atoms with Crippen LogP contribution in [0, 0.1) is 6.92 Å². The Labute approximate surface area is 140 Å². The Kier molecular flexibility index (Phi) is 4.95. The Bertz CT molecular complexity index is 784. The maximum absolute atomic E-state index is 4.39. The molecule has 124 valence electrons. The first-order chi connectivity index (χ1) is 11.8. The summed E-state index contributed by atoms with van der Waals surface area (Å²) in [6, 6.07) is 11.7. The van der Waals surface area contributed by atoms with E-state index in [0.717, 1.165) is 29.4 Å². The first kappa shape index (κ1) is 15.9. The number of nitrogens with one attached hydrogen (secondary N) is 2. The molecule has 0 bridgehead atoms. The van der Waals surface area contributed by atoms with E-state index in [4.69, 9.17) is 0 Å². The number of hydrogen-bond acceptors (Lipinski definition) is 7. The Morgan fingerprint density at radius 3 is 2.62 bits per heavy atom. The molecule has 24 heavy (non-hydrogen) atoms. The predicted molar refractivity (Wildman–Crippen MR) is 92.3 cm³/mol. The van der Waals surface area contributed by atoms with Gasteiger partial charge in [-0.25, -0.2) is 9.97 Å². The van der Waals surface area contributed by atoms with Gasteiger partial charge < -0.3 is 10.6 Å². The van der Waals surface area contributed by atoms with Gasteiger partial charge in [0, 0.05) is 24.8 Å². The molecule has 2 heterocycles. The molecule has 8 nitrogen and oxygen atoms in total. The number of aryl methyl sites for hydroxylation is 2. The molecule has 0 fully saturated rings. The van der Waals surface area contributed by atoms with Gasteiger partial charge in [-0.15, -0.1) is 0 Å². The molecule has 2 aromatic heterocycles. The molecule has 3 rings (SSSR count). The van der Waals surface area contributed by atoms with Gasteiger partial charge in [-0.2, -0.15) is 4.68 Å². The van der Waals surface area contributed by atoms with Crippen LogP contribution in [0.2, 0.25) is 0 Å². The molecule has 0 saturated heterocycles. The first-order valence-corrected chi connectivity index (χ1v) is 7.92. The third-order valence-corrected chi connectivity index (χ3v) is 3.44. The van der Waals surface area contributed by atoms with Crippen LogP contribution in [0.3, 0.4) is 0 Å². The Balaban J connectivity index is 1.56. The van der Waals surface area contributed by atoms with Crippen LogP contribution in [0.1, 0.15) is 18.4 Å². The number of aromatic nitrogens is 6. The van der Waals surface area contributed by atoms with Gasteiger partial charge in [-0.3, -0.25) is 0 Å². The maximum atomic E-state index is 4.39. The van der Waals surface area contributed by atoms with Gasteiger partial charge in [0.15, 0.2) is 0 Å². The van der Waals surface area contributed by atoms with E-state index in [0.29, 0.717) is 19.0 Å². The summed E-state index contributed by atoms with van der Waals surface area (Å²) in [6.45, 7) is 5.34. The summed E-state index contributed by atoms with van der Waals surface area (Å²) >= 11 is 0. The smallest absolute Gasteiger partial charge is 0.247 e. The molecule has 0 atom stereocenters. The van der Waals surface area contributed by atoms with Crippen molar-refractivity contribution in [3.8, 4) is 5.69 Å². The molecule has 0 aliphatic rings. The largest absolute Gasteiger partial charge is 0.368 e. The van der Waals surface area contributed by atoms with Gasteiger partial charge in [-0.05, 0) is 35.9 Å². The van der Waals surface area contributed by atoms with Crippen molar-refractivity contribution < 1.29 is 0 Å². The van der Waals surface area contributed by atoms with E-state index >= 15 is 0 Å². The van der Waals surface area contributed by atoms with E-state index in [1.807, 2.05) is 43.3 Å². The highest BCUT2D eigenvalue weighted by Crippen LogP contribution is 2.10. The van der Waals surface area contributed by atoms with Crippen molar-refractivity contribution >= 4 is 11.8 Å². The van der Waals surface area contributed by atoms with Gasteiger partial charge in [-0.1, -0.05) is 30.2 Å². The van der Waals surface area contributed by atoms with Crippen LogP contribution >= 0.6 is 0 Å². The molecule has 0 spiro atoms. The number of hydrogen-bond donors (Lipinski definition) is 2. The quantitative estimate of drug-likeness (QED) is 0.641. The van der Waals surface area contributed by atoms with Crippen molar-refractivity contribution in [1.29, 1.82) is 0 Å². The fraction of sp³-hybridized carbons (Fsp3) is 0.312. The second-order valence-electron chi connectivity index (χ2n) is 5.25. The summed E-state index contributed by atoms with van der Waals surface area (Å²) in [6.07, 6.45) is 0.891. The zero-order valence-electron chi connectivity index (χ0n) is 13.8. The zero-order valence-corrected chi connectivity index (χ0v) is 13.8. The normalized spacial score (nSPS) is 10.6. The fourth-order valence-corrected chi connectivity index (χ4v) is 2.31. The summed E-state index contributed by atoms with van der Waals surface area (Å²) in [5.41, 5.74) is 1.95. The van der Waals surface area contributed by atoms with Gasteiger partial charge in [0.05, 0.1) is 5.69 Å². The lowest BCUT2D eigenvalue weighted by Crippen LogP contribution is -2.17. The monoisotopic (exact) mass is 324 g/mol. The molecule has 1 aromatic carbocycles. The van der Waals surface area contributed by atoms with Crippen LogP contribution in [-0.2, 0) is 6.42 Å².